The topological polar surface area (TPSA) is 126 Å². The van der Waals surface area contributed by atoms with Gasteiger partial charge in [-0.1, -0.05) is 88.7 Å². The highest BCUT2D eigenvalue weighted by Gasteiger charge is 2.76. The van der Waals surface area contributed by atoms with Crippen molar-refractivity contribution in [2.45, 2.75) is 92.6 Å². The summed E-state index contributed by atoms with van der Waals surface area (Å²) in [5, 5.41) is 23.5. The highest BCUT2D eigenvalue weighted by atomic mass is 16.3. The molecule has 6 atom stereocenters. The number of hydrogen-bond acceptors (Lipinski definition) is 7. The molecule has 0 aliphatic heterocycles. The van der Waals surface area contributed by atoms with E-state index >= 15 is 0 Å². The lowest BCUT2D eigenvalue weighted by molar-refractivity contribution is -0.205. The average molecular weight is 677 g/mol. The monoisotopic (exact) mass is 676 g/mol. The van der Waals surface area contributed by atoms with Crippen LogP contribution in [0, 0.1) is 41.4 Å². The number of aryl methyl sites for hydroxylation is 4. The number of phenolic OH excluding ortho intramolecular Hbond substituents is 1. The fraction of sp³-hybridized carbons (Fsp3) is 0.465. The van der Waals surface area contributed by atoms with Crippen LogP contribution in [0.4, 0.5) is 0 Å². The molecule has 6 rings (SSSR count). The molecule has 7 heteroatoms. The molecule has 0 spiro atoms. The minimum absolute atomic E-state index is 0.0256. The summed E-state index contributed by atoms with van der Waals surface area (Å²) in [6, 6.07) is 18.3. The molecule has 50 heavy (non-hydrogen) atoms. The predicted octanol–water partition coefficient (Wildman–Crippen LogP) is 6.81. The van der Waals surface area contributed by atoms with Crippen LogP contribution in [0.1, 0.15) is 92.6 Å². The number of benzene rings is 3. The standard InChI is InChI=1S/C43H48O7/c1-8-28-16-15-27(14-10-13-26-12-9-11-24(4)19-26)20-30(28)29-17-18-32(45)34-31(29)21-41(6)22-42(7)35(23(2)3)37(46)33(25(5)44)39(48)43(42,50)40(49)36(41)38(34)47/h9,11-12,15-20,23,33,35-36,45,50H,8,10,13-14,21-22H2,1-7H3/t33?,35?,36?,41-,42-,43+/m1/s1. The normalized spacial score (nSPS) is 29.1. The van der Waals surface area contributed by atoms with Crippen LogP contribution >= 0.6 is 0 Å². The van der Waals surface area contributed by atoms with E-state index in [1.807, 2.05) is 13.0 Å². The van der Waals surface area contributed by atoms with Gasteiger partial charge in [0.15, 0.2) is 28.7 Å². The van der Waals surface area contributed by atoms with Gasteiger partial charge in [-0.2, -0.15) is 0 Å². The van der Waals surface area contributed by atoms with Gasteiger partial charge >= 0.3 is 0 Å². The van der Waals surface area contributed by atoms with Crippen molar-refractivity contribution in [2.24, 2.45) is 34.5 Å². The summed E-state index contributed by atoms with van der Waals surface area (Å²) in [4.78, 5) is 69.7. The Labute approximate surface area is 294 Å². The van der Waals surface area contributed by atoms with Gasteiger partial charge in [-0.25, -0.2) is 0 Å². The van der Waals surface area contributed by atoms with Crippen molar-refractivity contribution in [1.29, 1.82) is 0 Å². The molecule has 0 bridgehead atoms. The lowest BCUT2D eigenvalue weighted by Gasteiger charge is -2.61. The first kappa shape index (κ1) is 35.6. The third kappa shape index (κ3) is 5.23. The van der Waals surface area contributed by atoms with Crippen molar-refractivity contribution in [3.8, 4) is 16.9 Å². The summed E-state index contributed by atoms with van der Waals surface area (Å²) in [7, 11) is 0. The number of aliphatic hydroxyl groups is 1. The van der Waals surface area contributed by atoms with Crippen LogP contribution in [0.2, 0.25) is 0 Å². The Bertz CT molecular complexity index is 1950. The third-order valence-electron chi connectivity index (χ3n) is 12.1. The second kappa shape index (κ2) is 12.5. The maximum Gasteiger partial charge on any atom is 0.190 e. The second-order valence-corrected chi connectivity index (χ2v) is 16.0. The number of fused-ring (bicyclic) bond motifs is 3. The van der Waals surface area contributed by atoms with Crippen molar-refractivity contribution in [3.05, 3.63) is 88.0 Å². The van der Waals surface area contributed by atoms with E-state index in [0.29, 0.717) is 5.56 Å². The Balaban J connectivity index is 1.44. The predicted molar refractivity (Wildman–Crippen MR) is 191 cm³/mol. The first-order valence-corrected chi connectivity index (χ1v) is 17.9. The zero-order valence-electron chi connectivity index (χ0n) is 30.2. The van der Waals surface area contributed by atoms with E-state index in [1.165, 1.54) is 17.2 Å². The van der Waals surface area contributed by atoms with Crippen molar-refractivity contribution in [1.82, 2.24) is 0 Å². The molecular formula is C43H48O7. The van der Waals surface area contributed by atoms with Gasteiger partial charge < -0.3 is 10.2 Å². The summed E-state index contributed by atoms with van der Waals surface area (Å²) < 4.78 is 0. The summed E-state index contributed by atoms with van der Waals surface area (Å²) >= 11 is 0. The Hall–Kier alpha value is -4.23. The third-order valence-corrected chi connectivity index (χ3v) is 12.1. The van der Waals surface area contributed by atoms with E-state index < -0.39 is 69.0 Å². The summed E-state index contributed by atoms with van der Waals surface area (Å²) in [6.45, 7) is 12.3. The molecule has 0 amide bonds. The fourth-order valence-electron chi connectivity index (χ4n) is 10.1. The zero-order chi connectivity index (χ0) is 36.5. The average Bonchev–Trinajstić information content (AvgIpc) is 3.02. The van der Waals surface area contributed by atoms with Crippen LogP contribution in [-0.4, -0.2) is 44.7 Å². The van der Waals surface area contributed by atoms with Crippen molar-refractivity contribution < 1.29 is 34.2 Å². The van der Waals surface area contributed by atoms with Crippen LogP contribution in [-0.2, 0) is 44.9 Å². The Morgan fingerprint density at radius 3 is 2.22 bits per heavy atom. The number of phenols is 1. The smallest absolute Gasteiger partial charge is 0.190 e. The second-order valence-electron chi connectivity index (χ2n) is 16.0. The molecule has 0 saturated heterocycles. The van der Waals surface area contributed by atoms with Crippen molar-refractivity contribution in [3.63, 3.8) is 0 Å². The fourth-order valence-corrected chi connectivity index (χ4v) is 10.1. The number of hydrogen-bond donors (Lipinski definition) is 2. The van der Waals surface area contributed by atoms with Crippen LogP contribution in [0.15, 0.2) is 54.6 Å². The maximum absolute atomic E-state index is 14.6. The van der Waals surface area contributed by atoms with Crippen molar-refractivity contribution >= 4 is 28.9 Å². The molecule has 3 aliphatic carbocycles. The van der Waals surface area contributed by atoms with Crippen LogP contribution < -0.4 is 0 Å². The molecule has 0 radical (unpaired) electrons. The first-order chi connectivity index (χ1) is 23.5. The summed E-state index contributed by atoms with van der Waals surface area (Å²) in [5.41, 5.74) is 1.84. The number of rotatable bonds is 8. The minimum Gasteiger partial charge on any atom is -0.507 e. The molecule has 2 fully saturated rings. The minimum atomic E-state index is -2.71. The van der Waals surface area contributed by atoms with Gasteiger partial charge in [0, 0.05) is 11.3 Å². The van der Waals surface area contributed by atoms with E-state index in [9.17, 15) is 34.2 Å². The van der Waals surface area contributed by atoms with Gasteiger partial charge in [-0.3, -0.25) is 24.0 Å². The van der Waals surface area contributed by atoms with Gasteiger partial charge in [0.05, 0.1) is 11.5 Å². The molecule has 7 nitrogen and oxygen atoms in total. The molecule has 0 heterocycles. The molecule has 2 N–H and O–H groups in total. The van der Waals surface area contributed by atoms with Gasteiger partial charge in [0.1, 0.15) is 17.5 Å². The molecule has 3 aromatic rings. The van der Waals surface area contributed by atoms with Gasteiger partial charge in [-0.15, -0.1) is 0 Å². The lowest BCUT2D eigenvalue weighted by Crippen LogP contribution is -2.76. The van der Waals surface area contributed by atoms with Gasteiger partial charge in [0.25, 0.3) is 0 Å². The molecule has 3 unspecified atom stereocenters. The Morgan fingerprint density at radius 2 is 1.60 bits per heavy atom. The summed E-state index contributed by atoms with van der Waals surface area (Å²) in [5.74, 6) is -8.89. The SMILES string of the molecule is CCc1ccc(CCCc2cccc(C)c2)cc1-c1ccc(O)c2c1C[C@]1(C)C[C@]3(C)C(C(C)C)C(=O)C(C(C)=O)C(=O)[C@]3(O)C(=O)C1C2=O. The Morgan fingerprint density at radius 1 is 0.920 bits per heavy atom. The quantitative estimate of drug-likeness (QED) is 0.251. The van der Waals surface area contributed by atoms with Crippen molar-refractivity contribution in [2.75, 3.05) is 0 Å². The lowest BCUT2D eigenvalue weighted by atomic mass is 9.40. The molecule has 3 aliphatic rings. The molecule has 0 aromatic heterocycles. The first-order valence-electron chi connectivity index (χ1n) is 17.9. The van der Waals surface area contributed by atoms with E-state index in [2.05, 4.69) is 56.3 Å². The van der Waals surface area contributed by atoms with E-state index in [1.54, 1.807) is 20.8 Å². The van der Waals surface area contributed by atoms with E-state index in [4.69, 9.17) is 0 Å². The Kier molecular flexibility index (Phi) is 8.91. The summed E-state index contributed by atoms with van der Waals surface area (Å²) in [6.07, 6.45) is 3.74. The number of carbonyl (C=O) groups is 5. The number of carbonyl (C=O) groups excluding carboxylic acids is 5. The van der Waals surface area contributed by atoms with E-state index in [-0.39, 0.29) is 24.2 Å². The van der Waals surface area contributed by atoms with Gasteiger partial charge in [0.2, 0.25) is 0 Å². The van der Waals surface area contributed by atoms with Crippen LogP contribution in [0.5, 0.6) is 5.75 Å². The van der Waals surface area contributed by atoms with Crippen LogP contribution in [0.25, 0.3) is 11.1 Å². The molecule has 3 aromatic carbocycles. The highest BCUT2D eigenvalue weighted by molar-refractivity contribution is 6.32. The number of ketones is 5. The van der Waals surface area contributed by atoms with E-state index in [0.717, 1.165) is 54.9 Å². The molecular weight excluding hydrogens is 628 g/mol. The molecule has 262 valence electrons. The molecule has 2 saturated carbocycles. The zero-order valence-corrected chi connectivity index (χ0v) is 30.2. The number of Topliss-reactive ketones (excluding diaryl/α,β-unsaturated/α-hetero) is 5. The van der Waals surface area contributed by atoms with Crippen LogP contribution in [0.3, 0.4) is 0 Å². The number of aromatic hydroxyl groups is 1. The van der Waals surface area contributed by atoms with Gasteiger partial charge in [-0.05, 0) is 103 Å². The largest absolute Gasteiger partial charge is 0.507 e. The highest BCUT2D eigenvalue weighted by Crippen LogP contribution is 2.64. The maximum atomic E-state index is 14.6.